The molecule has 6 heteroatoms. The van der Waals surface area contributed by atoms with Crippen molar-refractivity contribution < 1.29 is 18.8 Å². The molecule has 3 aromatic rings. The van der Waals surface area contributed by atoms with Crippen molar-refractivity contribution in [3.8, 4) is 11.5 Å². The van der Waals surface area contributed by atoms with Crippen LogP contribution in [-0.2, 0) is 11.4 Å². The SMILES string of the molecule is COc1cc(/C=C/C(=O)Nc2ccc(C(C)C)cc2)ccc1OCc1c(C)noc1C. The summed E-state index contributed by atoms with van der Waals surface area (Å²) >= 11 is 0. The Labute approximate surface area is 182 Å². The number of nitrogens with one attached hydrogen (secondary N) is 1. The minimum absolute atomic E-state index is 0.199. The van der Waals surface area contributed by atoms with Gasteiger partial charge in [-0.05, 0) is 61.2 Å². The lowest BCUT2D eigenvalue weighted by atomic mass is 10.0. The molecule has 162 valence electrons. The summed E-state index contributed by atoms with van der Waals surface area (Å²) in [5, 5.41) is 6.80. The number of rotatable bonds is 8. The zero-order chi connectivity index (χ0) is 22.4. The van der Waals surface area contributed by atoms with Crippen molar-refractivity contribution >= 4 is 17.7 Å². The number of hydrogen-bond acceptors (Lipinski definition) is 5. The topological polar surface area (TPSA) is 73.6 Å². The lowest BCUT2D eigenvalue weighted by molar-refractivity contribution is -0.111. The Morgan fingerprint density at radius 2 is 1.87 bits per heavy atom. The predicted octanol–water partition coefficient (Wildman–Crippen LogP) is 5.65. The second-order valence-electron chi connectivity index (χ2n) is 7.60. The van der Waals surface area contributed by atoms with E-state index in [9.17, 15) is 4.79 Å². The number of hydrogen-bond donors (Lipinski definition) is 1. The van der Waals surface area contributed by atoms with E-state index in [1.165, 1.54) is 11.6 Å². The largest absolute Gasteiger partial charge is 0.493 e. The molecule has 3 rings (SSSR count). The van der Waals surface area contributed by atoms with Crippen molar-refractivity contribution in [3.63, 3.8) is 0 Å². The summed E-state index contributed by atoms with van der Waals surface area (Å²) in [5.74, 6) is 2.18. The van der Waals surface area contributed by atoms with Crippen molar-refractivity contribution in [1.29, 1.82) is 0 Å². The first-order valence-electron chi connectivity index (χ1n) is 10.2. The molecule has 31 heavy (non-hydrogen) atoms. The molecule has 6 nitrogen and oxygen atoms in total. The maximum absolute atomic E-state index is 12.3. The van der Waals surface area contributed by atoms with Crippen LogP contribution in [0.15, 0.2) is 53.1 Å². The zero-order valence-corrected chi connectivity index (χ0v) is 18.6. The minimum atomic E-state index is -0.199. The summed E-state index contributed by atoms with van der Waals surface area (Å²) in [6.45, 7) is 8.34. The third-order valence-electron chi connectivity index (χ3n) is 5.01. The number of aromatic nitrogens is 1. The molecule has 0 spiro atoms. The van der Waals surface area contributed by atoms with Crippen molar-refractivity contribution in [2.75, 3.05) is 12.4 Å². The monoisotopic (exact) mass is 420 g/mol. The first-order chi connectivity index (χ1) is 14.9. The molecule has 0 saturated carbocycles. The average Bonchev–Trinajstić information content (AvgIpc) is 3.08. The van der Waals surface area contributed by atoms with Gasteiger partial charge in [0.25, 0.3) is 0 Å². The summed E-state index contributed by atoms with van der Waals surface area (Å²) in [7, 11) is 1.58. The third-order valence-corrected chi connectivity index (χ3v) is 5.01. The van der Waals surface area contributed by atoms with Crippen LogP contribution in [0, 0.1) is 13.8 Å². The number of anilines is 1. The van der Waals surface area contributed by atoms with Gasteiger partial charge in [-0.3, -0.25) is 4.79 Å². The van der Waals surface area contributed by atoms with Crippen LogP contribution in [0.4, 0.5) is 5.69 Å². The molecule has 0 saturated heterocycles. The normalized spacial score (nSPS) is 11.2. The van der Waals surface area contributed by atoms with E-state index in [0.29, 0.717) is 24.0 Å². The van der Waals surface area contributed by atoms with Crippen LogP contribution in [0.2, 0.25) is 0 Å². The maximum atomic E-state index is 12.3. The van der Waals surface area contributed by atoms with Crippen LogP contribution < -0.4 is 14.8 Å². The number of aryl methyl sites for hydroxylation is 2. The van der Waals surface area contributed by atoms with E-state index in [4.69, 9.17) is 14.0 Å². The number of nitrogens with zero attached hydrogens (tertiary/aromatic N) is 1. The molecule has 0 bridgehead atoms. The standard InChI is InChI=1S/C25H28N2O4/c1-16(2)20-8-10-21(11-9-20)26-25(28)13-7-19-6-12-23(24(14-19)29-5)30-15-22-17(3)27-31-18(22)4/h6-14,16H,15H2,1-5H3,(H,26,28)/b13-7+. The van der Waals surface area contributed by atoms with E-state index >= 15 is 0 Å². The molecule has 0 unspecified atom stereocenters. The van der Waals surface area contributed by atoms with Crippen molar-refractivity contribution in [2.45, 2.75) is 40.2 Å². The van der Waals surface area contributed by atoms with E-state index in [-0.39, 0.29) is 5.91 Å². The molecule has 0 aliphatic rings. The fraction of sp³-hybridized carbons (Fsp3) is 0.280. The van der Waals surface area contributed by atoms with Gasteiger partial charge in [0.2, 0.25) is 5.91 Å². The van der Waals surface area contributed by atoms with Gasteiger partial charge in [0, 0.05) is 11.8 Å². The quantitative estimate of drug-likeness (QED) is 0.476. The van der Waals surface area contributed by atoms with Gasteiger partial charge in [0.1, 0.15) is 12.4 Å². The molecule has 2 aromatic carbocycles. The molecule has 1 aromatic heterocycles. The minimum Gasteiger partial charge on any atom is -0.493 e. The average molecular weight is 421 g/mol. The van der Waals surface area contributed by atoms with Gasteiger partial charge in [-0.25, -0.2) is 0 Å². The summed E-state index contributed by atoms with van der Waals surface area (Å²) in [4.78, 5) is 12.3. The fourth-order valence-electron chi connectivity index (χ4n) is 3.07. The zero-order valence-electron chi connectivity index (χ0n) is 18.6. The Morgan fingerprint density at radius 3 is 2.48 bits per heavy atom. The van der Waals surface area contributed by atoms with Crippen LogP contribution >= 0.6 is 0 Å². The highest BCUT2D eigenvalue weighted by molar-refractivity contribution is 6.01. The van der Waals surface area contributed by atoms with Crippen molar-refractivity contribution in [2.24, 2.45) is 0 Å². The van der Waals surface area contributed by atoms with E-state index in [1.807, 2.05) is 56.3 Å². The highest BCUT2D eigenvalue weighted by atomic mass is 16.5. The first kappa shape index (κ1) is 22.2. The number of amides is 1. The summed E-state index contributed by atoms with van der Waals surface area (Å²) in [6.07, 6.45) is 3.23. The predicted molar refractivity (Wildman–Crippen MR) is 121 cm³/mol. The lowest BCUT2D eigenvalue weighted by Gasteiger charge is -2.11. The number of carbonyl (C=O) groups excluding carboxylic acids is 1. The van der Waals surface area contributed by atoms with E-state index in [1.54, 1.807) is 13.2 Å². The van der Waals surface area contributed by atoms with Gasteiger partial charge < -0.3 is 19.3 Å². The molecule has 1 heterocycles. The molecule has 1 N–H and O–H groups in total. The Hall–Kier alpha value is -3.54. The second-order valence-corrected chi connectivity index (χ2v) is 7.60. The van der Waals surface area contributed by atoms with Crippen molar-refractivity contribution in [3.05, 3.63) is 76.7 Å². The number of ether oxygens (including phenoxy) is 2. The first-order valence-corrected chi connectivity index (χ1v) is 10.2. The molecule has 0 atom stereocenters. The van der Waals surface area contributed by atoms with Gasteiger partial charge in [0.05, 0.1) is 18.4 Å². The molecular formula is C25H28N2O4. The van der Waals surface area contributed by atoms with Gasteiger partial charge >= 0.3 is 0 Å². The lowest BCUT2D eigenvalue weighted by Crippen LogP contribution is -2.07. The summed E-state index contributed by atoms with van der Waals surface area (Å²) in [6, 6.07) is 13.4. The van der Waals surface area contributed by atoms with Crippen molar-refractivity contribution in [1.82, 2.24) is 5.16 Å². The van der Waals surface area contributed by atoms with Gasteiger partial charge in [-0.15, -0.1) is 0 Å². The molecule has 0 aliphatic heterocycles. The van der Waals surface area contributed by atoms with Gasteiger partial charge in [0.15, 0.2) is 11.5 Å². The fourth-order valence-corrected chi connectivity index (χ4v) is 3.07. The van der Waals surface area contributed by atoms with Gasteiger partial charge in [-0.2, -0.15) is 0 Å². The number of benzene rings is 2. The van der Waals surface area contributed by atoms with E-state index in [0.717, 1.165) is 28.3 Å². The Morgan fingerprint density at radius 1 is 1.13 bits per heavy atom. The molecule has 0 fully saturated rings. The molecule has 1 amide bonds. The van der Waals surface area contributed by atoms with Crippen LogP contribution in [0.1, 0.15) is 47.9 Å². The van der Waals surface area contributed by atoms with Crippen LogP contribution in [0.25, 0.3) is 6.08 Å². The maximum Gasteiger partial charge on any atom is 0.248 e. The summed E-state index contributed by atoms with van der Waals surface area (Å²) in [5.41, 5.74) is 4.55. The Bertz CT molecular complexity index is 1050. The Balaban J connectivity index is 1.63. The smallest absolute Gasteiger partial charge is 0.248 e. The second kappa shape index (κ2) is 9.98. The third kappa shape index (κ3) is 5.75. The highest BCUT2D eigenvalue weighted by Crippen LogP contribution is 2.30. The van der Waals surface area contributed by atoms with E-state index < -0.39 is 0 Å². The summed E-state index contributed by atoms with van der Waals surface area (Å²) < 4.78 is 16.5. The van der Waals surface area contributed by atoms with E-state index in [2.05, 4.69) is 24.3 Å². The molecule has 0 radical (unpaired) electrons. The highest BCUT2D eigenvalue weighted by Gasteiger charge is 2.12. The number of carbonyl (C=O) groups is 1. The molecular weight excluding hydrogens is 392 g/mol. The van der Waals surface area contributed by atoms with Crippen LogP contribution in [0.3, 0.4) is 0 Å². The van der Waals surface area contributed by atoms with Gasteiger partial charge in [-0.1, -0.05) is 37.2 Å². The Kier molecular flexibility index (Phi) is 7.13. The van der Waals surface area contributed by atoms with Crippen LogP contribution in [-0.4, -0.2) is 18.2 Å². The van der Waals surface area contributed by atoms with Crippen LogP contribution in [0.5, 0.6) is 11.5 Å². The number of methoxy groups -OCH3 is 1. The molecule has 0 aliphatic carbocycles.